The summed E-state index contributed by atoms with van der Waals surface area (Å²) in [5.41, 5.74) is 1.04. The van der Waals surface area contributed by atoms with E-state index in [1.807, 2.05) is 39.8 Å². The van der Waals surface area contributed by atoms with Crippen molar-refractivity contribution in [3.63, 3.8) is 0 Å². The van der Waals surface area contributed by atoms with Crippen molar-refractivity contribution in [1.29, 1.82) is 0 Å². The molecular formula is C25H36N4O4. The van der Waals surface area contributed by atoms with Gasteiger partial charge >= 0.3 is 12.1 Å². The second-order valence-corrected chi connectivity index (χ2v) is 7.86. The number of carbonyl (C=O) groups is 2. The number of anilines is 2. The van der Waals surface area contributed by atoms with Crippen LogP contribution in [0.4, 0.5) is 21.0 Å². The molecule has 0 atom stereocenters. The third-order valence-corrected chi connectivity index (χ3v) is 5.85. The van der Waals surface area contributed by atoms with Gasteiger partial charge in [-0.1, -0.05) is 64.1 Å². The van der Waals surface area contributed by atoms with E-state index in [0.717, 1.165) is 10.1 Å². The predicted octanol–water partition coefficient (Wildman–Crippen LogP) is 5.96. The highest BCUT2D eigenvalue weighted by molar-refractivity contribution is 5.96. The van der Waals surface area contributed by atoms with Gasteiger partial charge in [0.15, 0.2) is 0 Å². The summed E-state index contributed by atoms with van der Waals surface area (Å²) in [5.74, 6) is 0. The van der Waals surface area contributed by atoms with Gasteiger partial charge < -0.3 is 0 Å². The fraction of sp³-hybridized carbons (Fsp3) is 0.440. The first-order valence-electron chi connectivity index (χ1n) is 11.6. The number of urea groups is 2. The molecule has 2 aromatic carbocycles. The molecule has 2 aromatic rings. The van der Waals surface area contributed by atoms with E-state index in [2.05, 4.69) is 0 Å². The number of nitrogens with zero attached hydrogens (tertiary/aromatic N) is 4. The molecule has 0 aliphatic carbocycles. The van der Waals surface area contributed by atoms with Crippen LogP contribution in [0.25, 0.3) is 0 Å². The van der Waals surface area contributed by atoms with E-state index in [1.54, 1.807) is 48.5 Å². The zero-order valence-electron chi connectivity index (χ0n) is 20.0. The van der Waals surface area contributed by atoms with Crippen molar-refractivity contribution >= 4 is 23.4 Å². The van der Waals surface area contributed by atoms with Gasteiger partial charge in [-0.05, 0) is 49.9 Å². The van der Waals surface area contributed by atoms with Crippen LogP contribution < -0.4 is 9.80 Å². The van der Waals surface area contributed by atoms with Crippen LogP contribution in [0.1, 0.15) is 53.4 Å². The van der Waals surface area contributed by atoms with Gasteiger partial charge in [-0.3, -0.25) is 20.2 Å². The molecule has 8 heteroatoms. The molecule has 33 heavy (non-hydrogen) atoms. The minimum atomic E-state index is -0.643. The van der Waals surface area contributed by atoms with Gasteiger partial charge in [0.25, 0.3) is 0 Å². The minimum absolute atomic E-state index is 0.194. The number of para-hydroxylation sites is 2. The van der Waals surface area contributed by atoms with Crippen molar-refractivity contribution in [2.75, 3.05) is 16.5 Å². The van der Waals surface area contributed by atoms with Crippen LogP contribution in [0.3, 0.4) is 0 Å². The Morgan fingerprint density at radius 2 is 0.939 bits per heavy atom. The molecule has 8 nitrogen and oxygen atoms in total. The summed E-state index contributed by atoms with van der Waals surface area (Å²) in [6.45, 7) is 7.40. The maximum atomic E-state index is 13.4. The topological polar surface area (TPSA) is 87.6 Å². The standard InChI is InChI=1S/C25H36N4O4/c1-5-20(6-2)28(32)24(30)26(22-15-11-9-12-16-22)19-27(23-17-13-10-14-18-23)25(31)29(33)21(7-3)8-4/h9-18,20-21,32-33H,5-8,19H2,1-4H3. The number of hydrogen-bond donors (Lipinski definition) is 2. The zero-order valence-corrected chi connectivity index (χ0v) is 20.0. The molecule has 0 fully saturated rings. The Hall–Kier alpha value is -3.10. The van der Waals surface area contributed by atoms with Crippen LogP contribution in [-0.4, -0.2) is 51.4 Å². The Bertz CT molecular complexity index is 786. The molecule has 0 saturated carbocycles. The number of benzene rings is 2. The third kappa shape index (κ3) is 6.46. The number of carbonyl (C=O) groups excluding carboxylic acids is 2. The fourth-order valence-electron chi connectivity index (χ4n) is 3.69. The summed E-state index contributed by atoms with van der Waals surface area (Å²) >= 11 is 0. The highest BCUT2D eigenvalue weighted by Crippen LogP contribution is 2.23. The Labute approximate surface area is 196 Å². The number of rotatable bonds is 10. The van der Waals surface area contributed by atoms with Gasteiger partial charge in [0, 0.05) is 11.4 Å². The number of amides is 4. The van der Waals surface area contributed by atoms with Crippen LogP contribution in [0.15, 0.2) is 60.7 Å². The van der Waals surface area contributed by atoms with E-state index in [1.165, 1.54) is 9.80 Å². The number of hydroxylamine groups is 4. The van der Waals surface area contributed by atoms with Crippen molar-refractivity contribution in [2.24, 2.45) is 0 Å². The molecule has 180 valence electrons. The molecule has 4 amide bonds. The molecular weight excluding hydrogens is 420 g/mol. The SMILES string of the molecule is CCC(CC)N(O)C(=O)N(CN(C(=O)N(O)C(CC)CC)c1ccccc1)c1ccccc1. The second kappa shape index (κ2) is 12.8. The van der Waals surface area contributed by atoms with Crippen LogP contribution in [0.2, 0.25) is 0 Å². The van der Waals surface area contributed by atoms with Crippen molar-refractivity contribution in [2.45, 2.75) is 65.5 Å². The normalized spacial score (nSPS) is 10.9. The lowest BCUT2D eigenvalue weighted by Crippen LogP contribution is -2.54. The average molecular weight is 457 g/mol. The number of hydrogen-bond acceptors (Lipinski definition) is 4. The maximum Gasteiger partial charge on any atom is 0.349 e. The van der Waals surface area contributed by atoms with E-state index >= 15 is 0 Å². The molecule has 0 aromatic heterocycles. The Balaban J connectivity index is 2.49. The molecule has 0 spiro atoms. The van der Waals surface area contributed by atoms with Gasteiger partial charge in [0.1, 0.15) is 6.67 Å². The first kappa shape index (κ1) is 26.2. The molecule has 0 heterocycles. The van der Waals surface area contributed by atoms with Crippen LogP contribution in [-0.2, 0) is 0 Å². The molecule has 0 saturated heterocycles. The minimum Gasteiger partial charge on any atom is -0.284 e. The van der Waals surface area contributed by atoms with E-state index in [4.69, 9.17) is 0 Å². The van der Waals surface area contributed by atoms with Crippen molar-refractivity contribution in [1.82, 2.24) is 10.1 Å². The van der Waals surface area contributed by atoms with Gasteiger partial charge in [-0.15, -0.1) is 0 Å². The van der Waals surface area contributed by atoms with Crippen LogP contribution >= 0.6 is 0 Å². The highest BCUT2D eigenvalue weighted by Gasteiger charge is 2.32. The zero-order chi connectivity index (χ0) is 24.4. The molecule has 2 rings (SSSR count). The maximum absolute atomic E-state index is 13.4. The van der Waals surface area contributed by atoms with Gasteiger partial charge in [0.05, 0.1) is 12.1 Å². The van der Waals surface area contributed by atoms with E-state index in [9.17, 15) is 20.0 Å². The summed E-state index contributed by atoms with van der Waals surface area (Å²) in [6.07, 6.45) is 2.34. The summed E-state index contributed by atoms with van der Waals surface area (Å²) in [5, 5.41) is 22.8. The highest BCUT2D eigenvalue weighted by atomic mass is 16.5. The lowest BCUT2D eigenvalue weighted by Gasteiger charge is -2.36. The van der Waals surface area contributed by atoms with E-state index in [-0.39, 0.29) is 18.8 Å². The Morgan fingerprint density at radius 3 is 1.21 bits per heavy atom. The van der Waals surface area contributed by atoms with Crippen molar-refractivity contribution < 1.29 is 20.0 Å². The Morgan fingerprint density at radius 1 is 0.636 bits per heavy atom. The Kier molecular flexibility index (Phi) is 10.2. The van der Waals surface area contributed by atoms with Gasteiger partial charge in [0.2, 0.25) is 0 Å². The quantitative estimate of drug-likeness (QED) is 0.262. The second-order valence-electron chi connectivity index (χ2n) is 7.86. The molecule has 0 bridgehead atoms. The molecule has 0 aliphatic rings. The summed E-state index contributed by atoms with van der Waals surface area (Å²) < 4.78 is 0. The van der Waals surface area contributed by atoms with Gasteiger partial charge in [-0.25, -0.2) is 19.7 Å². The lowest BCUT2D eigenvalue weighted by atomic mass is 10.1. The monoisotopic (exact) mass is 456 g/mol. The summed E-state index contributed by atoms with van der Waals surface area (Å²) in [7, 11) is 0. The van der Waals surface area contributed by atoms with Crippen molar-refractivity contribution in [3.05, 3.63) is 60.7 Å². The molecule has 0 unspecified atom stereocenters. The largest absolute Gasteiger partial charge is 0.349 e. The van der Waals surface area contributed by atoms with Gasteiger partial charge in [-0.2, -0.15) is 0 Å². The van der Waals surface area contributed by atoms with Crippen molar-refractivity contribution in [3.8, 4) is 0 Å². The predicted molar refractivity (Wildman–Crippen MR) is 129 cm³/mol. The lowest BCUT2D eigenvalue weighted by molar-refractivity contribution is -0.0791. The molecule has 0 aliphatic heterocycles. The third-order valence-electron chi connectivity index (χ3n) is 5.85. The average Bonchev–Trinajstić information content (AvgIpc) is 2.86. The smallest absolute Gasteiger partial charge is 0.284 e. The van der Waals surface area contributed by atoms with Crippen LogP contribution in [0.5, 0.6) is 0 Å². The molecule has 0 radical (unpaired) electrons. The summed E-state index contributed by atoms with van der Waals surface area (Å²) in [6, 6.07) is 15.7. The first-order chi connectivity index (χ1) is 15.9. The molecule has 2 N–H and O–H groups in total. The van der Waals surface area contributed by atoms with E-state index < -0.39 is 12.1 Å². The van der Waals surface area contributed by atoms with E-state index in [0.29, 0.717) is 37.1 Å². The fourth-order valence-corrected chi connectivity index (χ4v) is 3.69. The first-order valence-corrected chi connectivity index (χ1v) is 11.6. The summed E-state index contributed by atoms with van der Waals surface area (Å²) in [4.78, 5) is 29.5. The van der Waals surface area contributed by atoms with Crippen LogP contribution in [0, 0.1) is 0 Å².